The number of oxazole rings is 1. The molecule has 0 unspecified atom stereocenters. The summed E-state index contributed by atoms with van der Waals surface area (Å²) >= 11 is 0. The number of hydrogen-bond donors (Lipinski definition) is 1. The van der Waals surface area contributed by atoms with Crippen LogP contribution in [0.25, 0.3) is 16.7 Å². The molecule has 0 aliphatic heterocycles. The van der Waals surface area contributed by atoms with Gasteiger partial charge >= 0.3 is 5.97 Å². The van der Waals surface area contributed by atoms with Crippen molar-refractivity contribution in [2.45, 2.75) is 20.3 Å². The van der Waals surface area contributed by atoms with E-state index in [0.29, 0.717) is 23.3 Å². The van der Waals surface area contributed by atoms with Gasteiger partial charge < -0.3 is 14.5 Å². The van der Waals surface area contributed by atoms with Gasteiger partial charge in [0.25, 0.3) is 0 Å². The van der Waals surface area contributed by atoms with Crippen LogP contribution in [0, 0.1) is 0 Å². The van der Waals surface area contributed by atoms with Crippen molar-refractivity contribution in [3.8, 4) is 0 Å². The van der Waals surface area contributed by atoms with E-state index in [9.17, 15) is 4.79 Å². The van der Waals surface area contributed by atoms with E-state index < -0.39 is 5.97 Å². The van der Waals surface area contributed by atoms with E-state index in [1.807, 2.05) is 31.2 Å². The molecule has 0 spiro atoms. The Morgan fingerprint density at radius 1 is 1.40 bits per heavy atom. The fourth-order valence-corrected chi connectivity index (χ4v) is 1.72. The van der Waals surface area contributed by atoms with E-state index in [-0.39, 0.29) is 5.89 Å². The number of carbonyl (C=O) groups is 1. The van der Waals surface area contributed by atoms with Gasteiger partial charge in [0.1, 0.15) is 11.1 Å². The topological polar surface area (TPSA) is 64.4 Å². The van der Waals surface area contributed by atoms with Gasteiger partial charge in [0.2, 0.25) is 5.89 Å². The Hall–Kier alpha value is -2.30. The van der Waals surface area contributed by atoms with Crippen LogP contribution < -0.4 is 5.32 Å². The number of rotatable bonds is 6. The van der Waals surface area contributed by atoms with Crippen LogP contribution in [-0.2, 0) is 9.53 Å². The van der Waals surface area contributed by atoms with Crippen molar-refractivity contribution < 1.29 is 13.9 Å². The molecule has 0 fully saturated rings. The molecule has 0 aliphatic carbocycles. The number of esters is 1. The number of para-hydroxylation sites is 2. The van der Waals surface area contributed by atoms with Crippen LogP contribution in [0.15, 0.2) is 34.9 Å². The predicted octanol–water partition coefficient (Wildman–Crippen LogP) is 2.73. The average molecular weight is 274 g/mol. The second-order valence-corrected chi connectivity index (χ2v) is 4.22. The van der Waals surface area contributed by atoms with Crippen LogP contribution in [0.2, 0.25) is 0 Å². The van der Waals surface area contributed by atoms with E-state index >= 15 is 0 Å². The molecule has 0 saturated heterocycles. The van der Waals surface area contributed by atoms with E-state index in [4.69, 9.17) is 9.15 Å². The molecule has 0 atom stereocenters. The van der Waals surface area contributed by atoms with Crippen LogP contribution in [0.4, 0.5) is 0 Å². The van der Waals surface area contributed by atoms with E-state index in [1.165, 1.54) is 0 Å². The lowest BCUT2D eigenvalue weighted by Gasteiger charge is -2.04. The van der Waals surface area contributed by atoms with Crippen molar-refractivity contribution in [1.82, 2.24) is 10.3 Å². The normalized spacial score (nSPS) is 11.6. The van der Waals surface area contributed by atoms with Gasteiger partial charge in [-0.15, -0.1) is 0 Å². The van der Waals surface area contributed by atoms with Crippen molar-refractivity contribution in [3.63, 3.8) is 0 Å². The molecule has 1 aromatic carbocycles. The van der Waals surface area contributed by atoms with Gasteiger partial charge in [-0.3, -0.25) is 0 Å². The Labute approximate surface area is 117 Å². The largest absolute Gasteiger partial charge is 0.462 e. The molecule has 1 aromatic heterocycles. The van der Waals surface area contributed by atoms with Gasteiger partial charge in [-0.1, -0.05) is 19.1 Å². The molecule has 0 bridgehead atoms. The smallest absolute Gasteiger partial charge is 0.345 e. The number of hydrogen-bond acceptors (Lipinski definition) is 5. The second kappa shape index (κ2) is 6.75. The molecular weight excluding hydrogens is 256 g/mol. The van der Waals surface area contributed by atoms with Crippen LogP contribution in [0.1, 0.15) is 26.2 Å². The highest BCUT2D eigenvalue weighted by atomic mass is 16.5. The molecule has 0 aliphatic rings. The van der Waals surface area contributed by atoms with Crippen molar-refractivity contribution in [3.05, 3.63) is 36.4 Å². The number of ether oxygens (including phenoxy) is 1. The zero-order valence-corrected chi connectivity index (χ0v) is 11.7. The summed E-state index contributed by atoms with van der Waals surface area (Å²) in [7, 11) is 0. The molecule has 2 aromatic rings. The van der Waals surface area contributed by atoms with Gasteiger partial charge in [0.15, 0.2) is 5.58 Å². The summed E-state index contributed by atoms with van der Waals surface area (Å²) < 4.78 is 10.6. The number of nitrogens with one attached hydrogen (secondary N) is 1. The lowest BCUT2D eigenvalue weighted by molar-refractivity contribution is -0.136. The van der Waals surface area contributed by atoms with E-state index in [1.54, 1.807) is 13.1 Å². The van der Waals surface area contributed by atoms with Crippen LogP contribution in [0.3, 0.4) is 0 Å². The van der Waals surface area contributed by atoms with Gasteiger partial charge in [-0.25, -0.2) is 9.78 Å². The number of fused-ring (bicyclic) bond motifs is 1. The minimum Gasteiger partial charge on any atom is -0.462 e. The predicted molar refractivity (Wildman–Crippen MR) is 76.9 cm³/mol. The van der Waals surface area contributed by atoms with Gasteiger partial charge in [0, 0.05) is 12.7 Å². The number of benzene rings is 1. The first-order chi connectivity index (χ1) is 9.76. The third-order valence-corrected chi connectivity index (χ3v) is 2.66. The maximum absolute atomic E-state index is 12.0. The van der Waals surface area contributed by atoms with Gasteiger partial charge in [-0.2, -0.15) is 0 Å². The number of carbonyl (C=O) groups excluding carboxylic acids is 1. The molecule has 0 radical (unpaired) electrons. The Morgan fingerprint density at radius 2 is 2.20 bits per heavy atom. The highest BCUT2D eigenvalue weighted by Crippen LogP contribution is 2.21. The zero-order chi connectivity index (χ0) is 14.4. The highest BCUT2D eigenvalue weighted by Gasteiger charge is 2.19. The first-order valence-corrected chi connectivity index (χ1v) is 6.72. The molecule has 1 heterocycles. The SMILES string of the molecule is CCCN/C=C(/C(=O)OCC)c1nc2ccccc2o1. The van der Waals surface area contributed by atoms with Crippen LogP contribution in [-0.4, -0.2) is 24.1 Å². The molecule has 2 rings (SSSR count). The van der Waals surface area contributed by atoms with Crippen molar-refractivity contribution in [1.29, 1.82) is 0 Å². The maximum Gasteiger partial charge on any atom is 0.345 e. The van der Waals surface area contributed by atoms with Crippen molar-refractivity contribution >= 4 is 22.6 Å². The lowest BCUT2D eigenvalue weighted by Crippen LogP contribution is -2.13. The van der Waals surface area contributed by atoms with Crippen LogP contribution >= 0.6 is 0 Å². The molecule has 1 N–H and O–H groups in total. The monoisotopic (exact) mass is 274 g/mol. The second-order valence-electron chi connectivity index (χ2n) is 4.22. The summed E-state index contributed by atoms with van der Waals surface area (Å²) in [6, 6.07) is 7.39. The minimum absolute atomic E-state index is 0.272. The van der Waals surface area contributed by atoms with E-state index in [0.717, 1.165) is 13.0 Å². The number of aromatic nitrogens is 1. The van der Waals surface area contributed by atoms with Crippen molar-refractivity contribution in [2.75, 3.05) is 13.2 Å². The Bertz CT molecular complexity index is 583. The molecule has 5 nitrogen and oxygen atoms in total. The first kappa shape index (κ1) is 14.1. The van der Waals surface area contributed by atoms with Gasteiger partial charge in [0.05, 0.1) is 6.61 Å². The lowest BCUT2D eigenvalue weighted by atomic mass is 10.3. The Morgan fingerprint density at radius 3 is 2.90 bits per heavy atom. The first-order valence-electron chi connectivity index (χ1n) is 6.72. The Kier molecular flexibility index (Phi) is 4.76. The Balaban J connectivity index is 2.33. The highest BCUT2D eigenvalue weighted by molar-refractivity contribution is 6.15. The summed E-state index contributed by atoms with van der Waals surface area (Å²) in [5.41, 5.74) is 1.66. The standard InChI is InChI=1S/C15H18N2O3/c1-3-9-16-10-11(15(18)19-4-2)14-17-12-7-5-6-8-13(12)20-14/h5-8,10,16H,3-4,9H2,1-2H3/b11-10+. The summed E-state index contributed by atoms with van der Waals surface area (Å²) in [4.78, 5) is 16.3. The van der Waals surface area contributed by atoms with Gasteiger partial charge in [-0.05, 0) is 25.5 Å². The maximum atomic E-state index is 12.0. The fraction of sp³-hybridized carbons (Fsp3) is 0.333. The van der Waals surface area contributed by atoms with Crippen LogP contribution in [0.5, 0.6) is 0 Å². The quantitative estimate of drug-likeness (QED) is 0.498. The summed E-state index contributed by atoms with van der Waals surface area (Å²) in [6.07, 6.45) is 2.56. The number of nitrogens with zero attached hydrogens (tertiary/aromatic N) is 1. The molecule has 20 heavy (non-hydrogen) atoms. The molecule has 0 saturated carbocycles. The minimum atomic E-state index is -0.442. The molecule has 106 valence electrons. The van der Waals surface area contributed by atoms with E-state index in [2.05, 4.69) is 10.3 Å². The fourth-order valence-electron chi connectivity index (χ4n) is 1.72. The zero-order valence-electron chi connectivity index (χ0n) is 11.7. The van der Waals surface area contributed by atoms with Crippen molar-refractivity contribution in [2.24, 2.45) is 0 Å². The average Bonchev–Trinajstić information content (AvgIpc) is 2.87. The summed E-state index contributed by atoms with van der Waals surface area (Å²) in [5.74, 6) is -0.170. The summed E-state index contributed by atoms with van der Waals surface area (Å²) in [5, 5.41) is 3.05. The third kappa shape index (κ3) is 3.17. The molecular formula is C15H18N2O3. The third-order valence-electron chi connectivity index (χ3n) is 2.66. The molecule has 5 heteroatoms. The summed E-state index contributed by atoms with van der Waals surface area (Å²) in [6.45, 7) is 4.89. The molecule has 0 amide bonds.